The summed E-state index contributed by atoms with van der Waals surface area (Å²) in [5, 5.41) is 2.56. The van der Waals surface area contributed by atoms with Gasteiger partial charge in [0.25, 0.3) is 16.6 Å². The van der Waals surface area contributed by atoms with Crippen molar-refractivity contribution in [3.63, 3.8) is 0 Å². The Morgan fingerprint density at radius 1 is 0.358 bits per heavy atom. The van der Waals surface area contributed by atoms with Crippen LogP contribution in [-0.2, 0) is 0 Å². The molecule has 0 unspecified atom stereocenters. The normalized spacial score (nSPS) is 12.3. The molecule has 2 aromatic carbocycles. The summed E-state index contributed by atoms with van der Waals surface area (Å²) in [5.41, 5.74) is 3.98. The van der Waals surface area contributed by atoms with Gasteiger partial charge in [0.05, 0.1) is 39.9 Å². The summed E-state index contributed by atoms with van der Waals surface area (Å²) in [4.78, 5) is 2.53. The molecule has 460 valence electrons. The van der Waals surface area contributed by atoms with Gasteiger partial charge >= 0.3 is 0 Å². The second kappa shape index (κ2) is 40.2. The van der Waals surface area contributed by atoms with Crippen molar-refractivity contribution in [3.8, 4) is 33.4 Å². The van der Waals surface area contributed by atoms with Crippen molar-refractivity contribution in [2.45, 2.75) is 337 Å². The van der Waals surface area contributed by atoms with E-state index in [9.17, 15) is 0 Å². The number of unbranched alkanes of at least 4 members (excludes halogenated alkanes) is 28. The van der Waals surface area contributed by atoms with Crippen LogP contribution in [0.25, 0.3) is 41.6 Å². The second-order valence-corrected chi connectivity index (χ2v) is 35.9. The number of aromatic nitrogens is 2. The SMILES string of the molecule is CCCCCCCCOc1c(OCCCCCCCC)c(-c2cc3c(O[Si](CCCCCC)(CCCCCC)CCCCCC)c4sc(C)cc4c(O[Si](CCCCCC)(CCCCCC)CCCCCC)c3s2)c2nsnc2c1C. The lowest BCUT2D eigenvalue weighted by molar-refractivity contribution is 0.258. The number of rotatable bonds is 51. The Morgan fingerprint density at radius 2 is 0.691 bits per heavy atom. The molecule has 0 fully saturated rings. The second-order valence-electron chi connectivity index (χ2n) is 24.9. The highest BCUT2D eigenvalue weighted by molar-refractivity contribution is 7.24. The summed E-state index contributed by atoms with van der Waals surface area (Å²) < 4.78 is 44.0. The Morgan fingerprint density at radius 3 is 1.10 bits per heavy atom. The lowest BCUT2D eigenvalue weighted by Gasteiger charge is -2.35. The zero-order valence-electron chi connectivity index (χ0n) is 54.0. The van der Waals surface area contributed by atoms with Gasteiger partial charge in [-0.15, -0.1) is 22.7 Å². The first-order chi connectivity index (χ1) is 39.7. The molecule has 3 heterocycles. The lowest BCUT2D eigenvalue weighted by Crippen LogP contribution is -2.42. The molecule has 0 amide bonds. The third-order valence-electron chi connectivity index (χ3n) is 17.6. The fraction of sp³-hybridized carbons (Fsp3) is 0.771. The molecule has 5 rings (SSSR count). The van der Waals surface area contributed by atoms with Gasteiger partial charge in [-0.05, 0) is 75.1 Å². The minimum absolute atomic E-state index is 0.655. The van der Waals surface area contributed by atoms with Gasteiger partial charge < -0.3 is 18.3 Å². The fourth-order valence-corrected chi connectivity index (χ4v) is 24.4. The average Bonchev–Trinajstić information content (AvgIpc) is 3.85. The molecule has 81 heavy (non-hydrogen) atoms. The first kappa shape index (κ1) is 69.6. The molecule has 0 spiro atoms. The van der Waals surface area contributed by atoms with Gasteiger partial charge in [0.2, 0.25) is 0 Å². The van der Waals surface area contributed by atoms with Crippen LogP contribution in [0, 0.1) is 13.8 Å². The molecule has 3 aromatic heterocycles. The molecule has 0 saturated carbocycles. The number of hydrogen-bond donors (Lipinski definition) is 0. The molecule has 0 aliphatic heterocycles. The van der Waals surface area contributed by atoms with Crippen LogP contribution >= 0.6 is 34.4 Å². The van der Waals surface area contributed by atoms with Gasteiger partial charge in [0.15, 0.2) is 11.5 Å². The standard InChI is InChI=1S/C70H120N2O4S3Si2/c1-11-19-27-35-37-39-47-73-65-58(10)63-64(72-79-71-63)62(68(65)74-48-40-38-36-28-20-12-2)61-56-60-67(76-81(52-44-32-24-16-6,53-45-33-25-17-7)54-46-34-26-18-8)69-59(55-57(9)77-69)66(70(60)78-61)75-80(49-41-29-21-13-3,50-42-30-22-14-4)51-43-31-23-15-5/h55-56H,11-54H2,1-10H3. The van der Waals surface area contributed by atoms with E-state index in [1.165, 1.54) is 296 Å². The van der Waals surface area contributed by atoms with Gasteiger partial charge in [0, 0.05) is 26.1 Å². The van der Waals surface area contributed by atoms with Crippen LogP contribution in [0.2, 0.25) is 36.3 Å². The van der Waals surface area contributed by atoms with Crippen molar-refractivity contribution in [2.24, 2.45) is 0 Å². The maximum Gasteiger partial charge on any atom is 0.251 e. The molecule has 6 nitrogen and oxygen atoms in total. The molecular weight excluding hydrogens is 1090 g/mol. The molecule has 5 aromatic rings. The highest BCUT2D eigenvalue weighted by Gasteiger charge is 2.40. The van der Waals surface area contributed by atoms with Crippen molar-refractivity contribution >= 4 is 82.2 Å². The van der Waals surface area contributed by atoms with Crippen molar-refractivity contribution in [1.82, 2.24) is 8.75 Å². The van der Waals surface area contributed by atoms with E-state index in [0.29, 0.717) is 13.2 Å². The van der Waals surface area contributed by atoms with E-state index in [2.05, 4.69) is 81.4 Å². The Labute approximate surface area is 511 Å². The van der Waals surface area contributed by atoms with Gasteiger partial charge in [-0.2, -0.15) is 8.75 Å². The van der Waals surface area contributed by atoms with Crippen LogP contribution in [0.4, 0.5) is 0 Å². The molecule has 0 N–H and O–H groups in total. The number of ether oxygens (including phenoxy) is 2. The average molecular weight is 1210 g/mol. The molecule has 0 bridgehead atoms. The Bertz CT molecular complexity index is 2280. The van der Waals surface area contributed by atoms with E-state index in [1.807, 2.05) is 22.7 Å². The minimum Gasteiger partial charge on any atom is -0.542 e. The van der Waals surface area contributed by atoms with Crippen LogP contribution in [0.5, 0.6) is 23.0 Å². The van der Waals surface area contributed by atoms with E-state index in [-0.39, 0.29) is 0 Å². The summed E-state index contributed by atoms with van der Waals surface area (Å²) in [5.74, 6) is 4.05. The topological polar surface area (TPSA) is 62.7 Å². The summed E-state index contributed by atoms with van der Waals surface area (Å²) >= 11 is 5.23. The summed E-state index contributed by atoms with van der Waals surface area (Å²) in [6.45, 7) is 24.6. The Balaban J connectivity index is 1.85. The number of benzene rings is 2. The van der Waals surface area contributed by atoms with Crippen molar-refractivity contribution in [1.29, 1.82) is 0 Å². The van der Waals surface area contributed by atoms with Crippen LogP contribution in [-0.4, -0.2) is 38.6 Å². The smallest absolute Gasteiger partial charge is 0.251 e. The Hall–Kier alpha value is -2.19. The van der Waals surface area contributed by atoms with Crippen molar-refractivity contribution in [3.05, 3.63) is 22.6 Å². The fourth-order valence-electron chi connectivity index (χ4n) is 12.6. The zero-order chi connectivity index (χ0) is 58.0. The first-order valence-electron chi connectivity index (χ1n) is 34.6. The molecule has 0 saturated heterocycles. The van der Waals surface area contributed by atoms with Crippen molar-refractivity contribution in [2.75, 3.05) is 13.2 Å². The quantitative estimate of drug-likeness (QED) is 0.0286. The number of thiophene rings is 2. The molecule has 0 aliphatic rings. The van der Waals surface area contributed by atoms with E-state index < -0.39 is 16.6 Å². The van der Waals surface area contributed by atoms with E-state index in [0.717, 1.165) is 58.0 Å². The predicted octanol–water partition coefficient (Wildman–Crippen LogP) is 26.0. The van der Waals surface area contributed by atoms with Gasteiger partial charge in [-0.1, -0.05) is 274 Å². The maximum atomic E-state index is 8.39. The Kier molecular flexibility index (Phi) is 34.6. The van der Waals surface area contributed by atoms with Crippen LogP contribution in [0.15, 0.2) is 12.1 Å². The van der Waals surface area contributed by atoms with E-state index in [4.69, 9.17) is 27.1 Å². The predicted molar refractivity (Wildman–Crippen MR) is 367 cm³/mol. The molecule has 0 aliphatic carbocycles. The largest absolute Gasteiger partial charge is 0.542 e. The molecule has 0 atom stereocenters. The highest BCUT2D eigenvalue weighted by Crippen LogP contribution is 2.56. The van der Waals surface area contributed by atoms with E-state index in [1.54, 1.807) is 0 Å². The van der Waals surface area contributed by atoms with Gasteiger partial charge in [-0.3, -0.25) is 0 Å². The zero-order valence-corrected chi connectivity index (χ0v) is 58.5. The van der Waals surface area contributed by atoms with Crippen LogP contribution < -0.4 is 18.3 Å². The monoisotopic (exact) mass is 1200 g/mol. The number of nitrogens with zero attached hydrogens (tertiary/aromatic N) is 2. The lowest BCUT2D eigenvalue weighted by atomic mass is 10.0. The number of fused-ring (bicyclic) bond motifs is 3. The minimum atomic E-state index is -2.33. The molecular formula is C70H120N2O4S3Si2. The summed E-state index contributed by atoms with van der Waals surface area (Å²) in [6.07, 6.45) is 45.4. The van der Waals surface area contributed by atoms with Crippen LogP contribution in [0.3, 0.4) is 0 Å². The van der Waals surface area contributed by atoms with Crippen LogP contribution in [0.1, 0.15) is 297 Å². The summed E-state index contributed by atoms with van der Waals surface area (Å²) in [7, 11) is -4.67. The number of hydrogen-bond acceptors (Lipinski definition) is 9. The highest BCUT2D eigenvalue weighted by atomic mass is 32.1. The summed E-state index contributed by atoms with van der Waals surface area (Å²) in [6, 6.07) is 12.5. The molecule has 11 heteroatoms. The molecule has 0 radical (unpaired) electrons. The third-order valence-corrected chi connectivity index (χ3v) is 29.2. The third kappa shape index (κ3) is 22.2. The van der Waals surface area contributed by atoms with E-state index >= 15 is 0 Å². The first-order valence-corrected chi connectivity index (χ1v) is 42.0. The van der Waals surface area contributed by atoms with Gasteiger partial charge in [0.1, 0.15) is 22.5 Å². The van der Waals surface area contributed by atoms with Gasteiger partial charge in [-0.25, -0.2) is 0 Å². The number of aryl methyl sites for hydroxylation is 2. The maximum absolute atomic E-state index is 8.39. The van der Waals surface area contributed by atoms with Crippen molar-refractivity contribution < 1.29 is 18.3 Å².